The Balaban J connectivity index is 1.60. The molecule has 7 nitrogen and oxygen atoms in total. The van der Waals surface area contributed by atoms with Gasteiger partial charge in [-0.25, -0.2) is 4.79 Å². The van der Waals surface area contributed by atoms with E-state index in [1.54, 1.807) is 30.1 Å². The van der Waals surface area contributed by atoms with Crippen molar-refractivity contribution in [2.24, 2.45) is 13.0 Å². The molecule has 1 aliphatic heterocycles. The maximum atomic E-state index is 13.1. The van der Waals surface area contributed by atoms with Crippen LogP contribution in [0.2, 0.25) is 0 Å². The number of carbonyl (C=O) groups is 2. The molecular weight excluding hydrogens is 370 g/mol. The Hall–Kier alpha value is -2.57. The predicted octanol–water partition coefficient (Wildman–Crippen LogP) is 2.67. The minimum Gasteiger partial charge on any atom is -0.444 e. The highest BCUT2D eigenvalue weighted by Gasteiger charge is 2.29. The van der Waals surface area contributed by atoms with Crippen LogP contribution >= 0.6 is 0 Å². The molecule has 1 saturated heterocycles. The number of nitrogens with zero attached hydrogens (tertiary/aromatic N) is 3. The predicted molar refractivity (Wildman–Crippen MR) is 112 cm³/mol. The molecule has 2 amide bonds. The van der Waals surface area contributed by atoms with Crippen molar-refractivity contribution >= 4 is 18.1 Å². The summed E-state index contributed by atoms with van der Waals surface area (Å²) in [4.78, 5) is 41.0. The summed E-state index contributed by atoms with van der Waals surface area (Å²) >= 11 is 0. The number of amides is 2. The van der Waals surface area contributed by atoms with Crippen LogP contribution in [-0.2, 0) is 18.2 Å². The summed E-state index contributed by atoms with van der Waals surface area (Å²) in [5.74, 6) is 0.261. The van der Waals surface area contributed by atoms with Crippen molar-refractivity contribution in [1.29, 1.82) is 0 Å². The molecule has 2 aliphatic rings. The van der Waals surface area contributed by atoms with Crippen LogP contribution in [0.3, 0.4) is 0 Å². The first-order valence-corrected chi connectivity index (χ1v) is 10.2. The number of pyridine rings is 1. The van der Waals surface area contributed by atoms with E-state index in [2.05, 4.69) is 0 Å². The molecule has 7 heteroatoms. The molecule has 0 radical (unpaired) electrons. The molecule has 3 rings (SSSR count). The van der Waals surface area contributed by atoms with Gasteiger partial charge in [0.25, 0.3) is 11.5 Å². The number of piperidine rings is 1. The standard InChI is InChI=1S/C22H31N3O4/c1-22(2,3)29-21(28)25-11-9-15(10-12-25)13-23(4)20(27)18-14-24(5)19(26)17-8-6-7-16(17)18/h6-7,14-15H,8-13H2,1-5H3. The first-order chi connectivity index (χ1) is 13.6. The van der Waals surface area contributed by atoms with Gasteiger partial charge in [-0.2, -0.15) is 0 Å². The van der Waals surface area contributed by atoms with E-state index in [0.717, 1.165) is 18.4 Å². The van der Waals surface area contributed by atoms with E-state index < -0.39 is 5.60 Å². The summed E-state index contributed by atoms with van der Waals surface area (Å²) in [5.41, 5.74) is 1.48. The summed E-state index contributed by atoms with van der Waals surface area (Å²) in [7, 11) is 3.49. The molecule has 1 aromatic heterocycles. The number of aromatic nitrogens is 1. The summed E-state index contributed by atoms with van der Waals surface area (Å²) < 4.78 is 6.93. The monoisotopic (exact) mass is 401 g/mol. The maximum Gasteiger partial charge on any atom is 0.410 e. The number of hydrogen-bond acceptors (Lipinski definition) is 4. The zero-order valence-electron chi connectivity index (χ0n) is 18.0. The van der Waals surface area contributed by atoms with Gasteiger partial charge in [-0.3, -0.25) is 9.59 Å². The quantitative estimate of drug-likeness (QED) is 0.781. The molecular formula is C22H31N3O4. The van der Waals surface area contributed by atoms with Crippen LogP contribution in [-0.4, -0.2) is 58.7 Å². The Kier molecular flexibility index (Phi) is 5.87. The Bertz CT molecular complexity index is 887. The van der Waals surface area contributed by atoms with Gasteiger partial charge in [0.1, 0.15) is 5.60 Å². The van der Waals surface area contributed by atoms with Gasteiger partial charge in [0.15, 0.2) is 0 Å². The van der Waals surface area contributed by atoms with Crippen LogP contribution in [0.1, 0.15) is 55.1 Å². The van der Waals surface area contributed by atoms with E-state index in [9.17, 15) is 14.4 Å². The van der Waals surface area contributed by atoms with Crippen molar-refractivity contribution in [2.45, 2.75) is 45.6 Å². The fraction of sp³-hybridized carbons (Fsp3) is 0.591. The minimum absolute atomic E-state index is 0.0429. The minimum atomic E-state index is -0.495. The van der Waals surface area contributed by atoms with E-state index >= 15 is 0 Å². The van der Waals surface area contributed by atoms with Gasteiger partial charge >= 0.3 is 6.09 Å². The van der Waals surface area contributed by atoms with E-state index in [4.69, 9.17) is 4.74 Å². The largest absolute Gasteiger partial charge is 0.444 e. The van der Waals surface area contributed by atoms with Crippen molar-refractivity contribution < 1.29 is 14.3 Å². The lowest BCUT2D eigenvalue weighted by molar-refractivity contribution is 0.0171. The van der Waals surface area contributed by atoms with Gasteiger partial charge in [0, 0.05) is 45.5 Å². The zero-order chi connectivity index (χ0) is 21.3. The third-order valence-corrected chi connectivity index (χ3v) is 5.50. The third kappa shape index (κ3) is 4.71. The van der Waals surface area contributed by atoms with Gasteiger partial charge in [-0.15, -0.1) is 0 Å². The van der Waals surface area contributed by atoms with E-state index in [1.165, 1.54) is 4.57 Å². The molecule has 0 atom stereocenters. The highest BCUT2D eigenvalue weighted by Crippen LogP contribution is 2.24. The smallest absolute Gasteiger partial charge is 0.410 e. The van der Waals surface area contributed by atoms with Crippen LogP contribution in [0.25, 0.3) is 6.08 Å². The van der Waals surface area contributed by atoms with Crippen LogP contribution in [0.4, 0.5) is 4.79 Å². The molecule has 1 aromatic rings. The summed E-state index contributed by atoms with van der Waals surface area (Å²) in [6, 6.07) is 0. The number of rotatable bonds is 3. The van der Waals surface area contributed by atoms with Crippen molar-refractivity contribution in [3.8, 4) is 0 Å². The first-order valence-electron chi connectivity index (χ1n) is 10.2. The van der Waals surface area contributed by atoms with E-state index in [0.29, 0.717) is 43.1 Å². The second-order valence-electron chi connectivity index (χ2n) is 9.05. The Morgan fingerprint density at radius 1 is 1.24 bits per heavy atom. The number of aryl methyl sites for hydroxylation is 1. The topological polar surface area (TPSA) is 71.8 Å². The number of likely N-dealkylation sites (tertiary alicyclic amines) is 1. The number of ether oxygens (including phenoxy) is 1. The number of fused-ring (bicyclic) bond motifs is 1. The van der Waals surface area contributed by atoms with Crippen LogP contribution < -0.4 is 5.56 Å². The van der Waals surface area contributed by atoms with Crippen molar-refractivity contribution in [1.82, 2.24) is 14.4 Å². The summed E-state index contributed by atoms with van der Waals surface area (Å²) in [5, 5.41) is 0. The van der Waals surface area contributed by atoms with Crippen LogP contribution in [0.5, 0.6) is 0 Å². The van der Waals surface area contributed by atoms with Gasteiger partial charge in [0.2, 0.25) is 0 Å². The van der Waals surface area contributed by atoms with Gasteiger partial charge < -0.3 is 19.1 Å². The van der Waals surface area contributed by atoms with Gasteiger partial charge in [-0.05, 0) is 51.5 Å². The lowest BCUT2D eigenvalue weighted by atomic mass is 9.96. The second-order valence-corrected chi connectivity index (χ2v) is 9.05. The number of allylic oxidation sites excluding steroid dienone is 1. The van der Waals surface area contributed by atoms with Gasteiger partial charge in [0.05, 0.1) is 5.56 Å². The first kappa shape index (κ1) is 21.1. The molecule has 0 bridgehead atoms. The molecule has 1 fully saturated rings. The fourth-order valence-corrected chi connectivity index (χ4v) is 3.97. The highest BCUT2D eigenvalue weighted by molar-refractivity contribution is 5.98. The number of carbonyl (C=O) groups excluding carboxylic acids is 2. The Labute approximate surface area is 171 Å². The molecule has 158 valence electrons. The second kappa shape index (κ2) is 8.05. The maximum absolute atomic E-state index is 13.1. The molecule has 0 aromatic carbocycles. The normalized spacial score (nSPS) is 16.7. The van der Waals surface area contributed by atoms with E-state index in [-0.39, 0.29) is 17.6 Å². The molecule has 0 saturated carbocycles. The molecule has 1 aliphatic carbocycles. The fourth-order valence-electron chi connectivity index (χ4n) is 3.97. The molecule has 29 heavy (non-hydrogen) atoms. The zero-order valence-corrected chi connectivity index (χ0v) is 18.0. The summed E-state index contributed by atoms with van der Waals surface area (Å²) in [6.07, 6.45) is 7.42. The highest BCUT2D eigenvalue weighted by atomic mass is 16.6. The molecule has 0 N–H and O–H groups in total. The lowest BCUT2D eigenvalue weighted by Crippen LogP contribution is -2.44. The average Bonchev–Trinajstić information content (AvgIpc) is 3.13. The van der Waals surface area contributed by atoms with Crippen molar-refractivity contribution in [3.05, 3.63) is 39.3 Å². The van der Waals surface area contributed by atoms with Gasteiger partial charge in [-0.1, -0.05) is 12.2 Å². The molecule has 0 spiro atoms. The van der Waals surface area contributed by atoms with Crippen LogP contribution in [0, 0.1) is 5.92 Å². The third-order valence-electron chi connectivity index (χ3n) is 5.50. The lowest BCUT2D eigenvalue weighted by Gasteiger charge is -2.35. The van der Waals surface area contributed by atoms with Crippen LogP contribution in [0.15, 0.2) is 17.1 Å². The average molecular weight is 402 g/mol. The van der Waals surface area contributed by atoms with E-state index in [1.807, 2.05) is 32.9 Å². The SMILES string of the molecule is CN(CC1CCN(C(=O)OC(C)(C)C)CC1)C(=O)c1cn(C)c(=O)c2c1C=CC2. The van der Waals surface area contributed by atoms with Crippen molar-refractivity contribution in [3.63, 3.8) is 0 Å². The summed E-state index contributed by atoms with van der Waals surface area (Å²) in [6.45, 7) is 7.50. The molecule has 2 heterocycles. The Morgan fingerprint density at radius 2 is 1.90 bits per heavy atom. The Morgan fingerprint density at radius 3 is 2.52 bits per heavy atom. The number of hydrogen-bond donors (Lipinski definition) is 0. The molecule has 0 unspecified atom stereocenters. The van der Waals surface area contributed by atoms with Crippen molar-refractivity contribution in [2.75, 3.05) is 26.7 Å².